The van der Waals surface area contributed by atoms with Crippen LogP contribution in [-0.4, -0.2) is 33.7 Å². The van der Waals surface area contributed by atoms with E-state index in [4.69, 9.17) is 9.84 Å². The Morgan fingerprint density at radius 2 is 1.80 bits per heavy atom. The molecule has 1 aromatic heterocycles. The summed E-state index contributed by atoms with van der Waals surface area (Å²) in [6, 6.07) is 16.0. The molecule has 30 heavy (non-hydrogen) atoms. The quantitative estimate of drug-likeness (QED) is 0.516. The molecule has 0 aliphatic rings. The van der Waals surface area contributed by atoms with Crippen molar-refractivity contribution >= 4 is 5.91 Å². The maximum atomic E-state index is 14.3. The fourth-order valence-electron chi connectivity index (χ4n) is 3.19. The summed E-state index contributed by atoms with van der Waals surface area (Å²) >= 11 is 0. The molecule has 0 radical (unpaired) electrons. The van der Waals surface area contributed by atoms with Crippen molar-refractivity contribution in [3.63, 3.8) is 0 Å². The zero-order valence-corrected chi connectivity index (χ0v) is 17.9. The van der Waals surface area contributed by atoms with Crippen molar-refractivity contribution in [2.45, 2.75) is 46.1 Å². The van der Waals surface area contributed by atoms with Crippen molar-refractivity contribution in [1.82, 2.24) is 14.7 Å². The Morgan fingerprint density at radius 3 is 2.43 bits per heavy atom. The number of amides is 1. The molecule has 2 aromatic carbocycles. The number of ether oxygens (including phenoxy) is 1. The lowest BCUT2D eigenvalue weighted by atomic mass is 10.1. The van der Waals surface area contributed by atoms with Crippen molar-refractivity contribution < 1.29 is 13.9 Å². The minimum atomic E-state index is -0.446. The first-order valence-corrected chi connectivity index (χ1v) is 10.3. The SMILES string of the molecule is CCc1nn(-c2ccccc2)c(Oc2ccccc2F)c1CCC(=O)N(C)C(C)C. The molecule has 1 heterocycles. The number of carbonyl (C=O) groups is 1. The predicted molar refractivity (Wildman–Crippen MR) is 116 cm³/mol. The Kier molecular flexibility index (Phi) is 6.87. The van der Waals surface area contributed by atoms with Gasteiger partial charge in [-0.1, -0.05) is 37.3 Å². The number of hydrogen-bond acceptors (Lipinski definition) is 3. The van der Waals surface area contributed by atoms with E-state index in [-0.39, 0.29) is 17.7 Å². The molecule has 0 unspecified atom stereocenters. The molecule has 6 heteroatoms. The average molecular weight is 410 g/mol. The largest absolute Gasteiger partial charge is 0.436 e. The third-order valence-electron chi connectivity index (χ3n) is 5.16. The van der Waals surface area contributed by atoms with Crippen molar-refractivity contribution in [2.24, 2.45) is 0 Å². The van der Waals surface area contributed by atoms with Crippen LogP contribution in [0.15, 0.2) is 54.6 Å². The minimum Gasteiger partial charge on any atom is -0.436 e. The first kappa shape index (κ1) is 21.6. The second-order valence-corrected chi connectivity index (χ2v) is 7.46. The van der Waals surface area contributed by atoms with Crippen LogP contribution in [0.2, 0.25) is 0 Å². The van der Waals surface area contributed by atoms with E-state index in [1.165, 1.54) is 6.07 Å². The van der Waals surface area contributed by atoms with Gasteiger partial charge in [0.15, 0.2) is 11.6 Å². The van der Waals surface area contributed by atoms with E-state index in [0.717, 1.165) is 16.9 Å². The number of benzene rings is 2. The maximum Gasteiger partial charge on any atom is 0.226 e. The van der Waals surface area contributed by atoms with Crippen LogP contribution >= 0.6 is 0 Å². The second-order valence-electron chi connectivity index (χ2n) is 7.46. The predicted octanol–water partition coefficient (Wildman–Crippen LogP) is 5.17. The molecule has 0 fully saturated rings. The van der Waals surface area contributed by atoms with Crippen molar-refractivity contribution in [3.8, 4) is 17.3 Å². The number of para-hydroxylation sites is 2. The molecular formula is C24H28FN3O2. The molecule has 0 N–H and O–H groups in total. The number of hydrogen-bond donors (Lipinski definition) is 0. The molecule has 0 bridgehead atoms. The molecule has 0 atom stereocenters. The number of halogens is 1. The van der Waals surface area contributed by atoms with E-state index in [0.29, 0.717) is 25.1 Å². The van der Waals surface area contributed by atoms with E-state index < -0.39 is 5.82 Å². The molecule has 0 aliphatic carbocycles. The molecule has 0 saturated carbocycles. The molecule has 5 nitrogen and oxygen atoms in total. The van der Waals surface area contributed by atoms with Gasteiger partial charge in [0.05, 0.1) is 11.4 Å². The van der Waals surface area contributed by atoms with Crippen LogP contribution in [0.25, 0.3) is 5.69 Å². The van der Waals surface area contributed by atoms with Crippen LogP contribution in [0.3, 0.4) is 0 Å². The monoisotopic (exact) mass is 409 g/mol. The molecule has 0 saturated heterocycles. The molecular weight excluding hydrogens is 381 g/mol. The van der Waals surface area contributed by atoms with Gasteiger partial charge in [-0.2, -0.15) is 5.10 Å². The fraction of sp³-hybridized carbons (Fsp3) is 0.333. The van der Waals surface area contributed by atoms with Crippen LogP contribution in [0.5, 0.6) is 11.6 Å². The van der Waals surface area contributed by atoms with Crippen molar-refractivity contribution in [3.05, 3.63) is 71.7 Å². The van der Waals surface area contributed by atoms with Gasteiger partial charge < -0.3 is 9.64 Å². The Labute approximate surface area is 177 Å². The molecule has 3 rings (SSSR count). The van der Waals surface area contributed by atoms with Gasteiger partial charge in [0.2, 0.25) is 11.8 Å². The highest BCUT2D eigenvalue weighted by Crippen LogP contribution is 2.33. The van der Waals surface area contributed by atoms with Crippen molar-refractivity contribution in [1.29, 1.82) is 0 Å². The van der Waals surface area contributed by atoms with Gasteiger partial charge in [-0.15, -0.1) is 0 Å². The Morgan fingerprint density at radius 1 is 1.13 bits per heavy atom. The third-order valence-corrected chi connectivity index (χ3v) is 5.16. The lowest BCUT2D eigenvalue weighted by Crippen LogP contribution is -2.33. The zero-order valence-electron chi connectivity index (χ0n) is 17.9. The minimum absolute atomic E-state index is 0.0522. The number of aromatic nitrogens is 2. The third kappa shape index (κ3) is 4.70. The van der Waals surface area contributed by atoms with Crippen LogP contribution < -0.4 is 4.74 Å². The maximum absolute atomic E-state index is 14.3. The summed E-state index contributed by atoms with van der Waals surface area (Å²) in [6.45, 7) is 5.97. The lowest BCUT2D eigenvalue weighted by molar-refractivity contribution is -0.131. The van der Waals surface area contributed by atoms with Gasteiger partial charge in [-0.3, -0.25) is 4.79 Å². The van der Waals surface area contributed by atoms with E-state index in [2.05, 4.69) is 0 Å². The standard InChI is InChI=1S/C24H28FN3O2/c1-5-21-19(15-16-23(29)27(4)17(2)3)24(30-22-14-10-9-13-20(22)25)28(26-21)18-11-7-6-8-12-18/h6-14,17H,5,15-16H2,1-4H3. The van der Waals surface area contributed by atoms with Gasteiger partial charge >= 0.3 is 0 Å². The Hall–Kier alpha value is -3.15. The molecule has 158 valence electrons. The van der Waals surface area contributed by atoms with E-state index in [9.17, 15) is 9.18 Å². The molecule has 0 aliphatic heterocycles. The summed E-state index contributed by atoms with van der Waals surface area (Å²) in [6.07, 6.45) is 1.47. The van der Waals surface area contributed by atoms with Gasteiger partial charge in [-0.05, 0) is 51.0 Å². The molecule has 1 amide bonds. The molecule has 3 aromatic rings. The number of rotatable bonds is 8. The van der Waals surface area contributed by atoms with E-state index in [1.54, 1.807) is 34.8 Å². The number of carbonyl (C=O) groups excluding carboxylic acids is 1. The summed E-state index contributed by atoms with van der Waals surface area (Å²) in [4.78, 5) is 14.3. The fourth-order valence-corrected chi connectivity index (χ4v) is 3.19. The van der Waals surface area contributed by atoms with E-state index in [1.807, 2.05) is 51.1 Å². The molecule has 0 spiro atoms. The highest BCUT2D eigenvalue weighted by Gasteiger charge is 2.23. The summed E-state index contributed by atoms with van der Waals surface area (Å²) in [7, 11) is 1.80. The zero-order chi connectivity index (χ0) is 21.7. The summed E-state index contributed by atoms with van der Waals surface area (Å²) in [5.74, 6) is 0.182. The summed E-state index contributed by atoms with van der Waals surface area (Å²) in [5.41, 5.74) is 2.48. The van der Waals surface area contributed by atoms with Crippen LogP contribution in [-0.2, 0) is 17.6 Å². The first-order valence-electron chi connectivity index (χ1n) is 10.3. The van der Waals surface area contributed by atoms with Crippen molar-refractivity contribution in [2.75, 3.05) is 7.05 Å². The smallest absolute Gasteiger partial charge is 0.226 e. The highest BCUT2D eigenvalue weighted by molar-refractivity contribution is 5.76. The normalized spacial score (nSPS) is 11.0. The summed E-state index contributed by atoms with van der Waals surface area (Å²) in [5, 5.41) is 4.73. The van der Waals surface area contributed by atoms with Gasteiger partial charge in [0, 0.05) is 25.1 Å². The lowest BCUT2D eigenvalue weighted by Gasteiger charge is -2.21. The number of nitrogens with zero attached hydrogens (tertiary/aromatic N) is 3. The van der Waals surface area contributed by atoms with Gasteiger partial charge in [0.25, 0.3) is 0 Å². The number of aryl methyl sites for hydroxylation is 1. The summed E-state index contributed by atoms with van der Waals surface area (Å²) < 4.78 is 22.1. The van der Waals surface area contributed by atoms with E-state index >= 15 is 0 Å². The van der Waals surface area contributed by atoms with Crippen LogP contribution in [0, 0.1) is 5.82 Å². The first-order chi connectivity index (χ1) is 14.4. The van der Waals surface area contributed by atoms with Gasteiger partial charge in [0.1, 0.15) is 0 Å². The second kappa shape index (κ2) is 9.57. The Balaban J connectivity index is 2.02. The van der Waals surface area contributed by atoms with Crippen LogP contribution in [0.4, 0.5) is 4.39 Å². The van der Waals surface area contributed by atoms with Crippen LogP contribution in [0.1, 0.15) is 38.4 Å². The Bertz CT molecular complexity index is 999. The van der Waals surface area contributed by atoms with Gasteiger partial charge in [-0.25, -0.2) is 9.07 Å². The average Bonchev–Trinajstić information content (AvgIpc) is 3.10. The topological polar surface area (TPSA) is 47.4 Å². The highest BCUT2D eigenvalue weighted by atomic mass is 19.1.